The third kappa shape index (κ3) is 2.67. The van der Waals surface area contributed by atoms with Gasteiger partial charge in [0.05, 0.1) is 6.61 Å². The highest BCUT2D eigenvalue weighted by Gasteiger charge is 2.43. The lowest BCUT2D eigenvalue weighted by Crippen LogP contribution is -2.60. The van der Waals surface area contributed by atoms with E-state index in [1.807, 2.05) is 42.5 Å². The summed E-state index contributed by atoms with van der Waals surface area (Å²) in [6.07, 6.45) is -5.91. The first-order chi connectivity index (χ1) is 10.6. The van der Waals surface area contributed by atoms with Crippen LogP contribution in [-0.2, 0) is 4.74 Å². The Labute approximate surface area is 127 Å². The number of hydrogen-bond donors (Lipinski definition) is 5. The predicted molar refractivity (Wildman–Crippen MR) is 81.3 cm³/mol. The standard InChI is InChI=1S/C16H19NO5/c18-8-12-13(19)14(20)15(21)16(22-12)17-11-7-3-5-9-4-1-2-6-10(9)11/h1-7,12-21H,8H2. The van der Waals surface area contributed by atoms with Crippen LogP contribution in [0.1, 0.15) is 0 Å². The van der Waals surface area contributed by atoms with Gasteiger partial charge in [0.25, 0.3) is 0 Å². The summed E-state index contributed by atoms with van der Waals surface area (Å²) in [4.78, 5) is 0. The van der Waals surface area contributed by atoms with E-state index in [1.165, 1.54) is 0 Å². The van der Waals surface area contributed by atoms with Crippen LogP contribution in [0.3, 0.4) is 0 Å². The molecule has 0 bridgehead atoms. The van der Waals surface area contributed by atoms with Crippen molar-refractivity contribution in [3.63, 3.8) is 0 Å². The summed E-state index contributed by atoms with van der Waals surface area (Å²) in [5.74, 6) is 0. The van der Waals surface area contributed by atoms with E-state index in [1.54, 1.807) is 0 Å². The van der Waals surface area contributed by atoms with E-state index >= 15 is 0 Å². The van der Waals surface area contributed by atoms with Crippen molar-refractivity contribution in [2.45, 2.75) is 30.6 Å². The Hall–Kier alpha value is -1.70. The Balaban J connectivity index is 1.87. The van der Waals surface area contributed by atoms with E-state index in [0.29, 0.717) is 0 Å². The van der Waals surface area contributed by atoms with Crippen LogP contribution >= 0.6 is 0 Å². The lowest BCUT2D eigenvalue weighted by Gasteiger charge is -2.40. The number of rotatable bonds is 3. The molecule has 5 unspecified atom stereocenters. The van der Waals surface area contributed by atoms with E-state index < -0.39 is 37.3 Å². The zero-order valence-electron chi connectivity index (χ0n) is 11.8. The Kier molecular flexibility index (Phi) is 4.28. The van der Waals surface area contributed by atoms with Gasteiger partial charge in [0.1, 0.15) is 24.4 Å². The average Bonchev–Trinajstić information content (AvgIpc) is 2.55. The summed E-state index contributed by atoms with van der Waals surface area (Å²) < 4.78 is 5.46. The summed E-state index contributed by atoms with van der Waals surface area (Å²) in [6.45, 7) is -0.446. The van der Waals surface area contributed by atoms with Crippen molar-refractivity contribution in [3.05, 3.63) is 42.5 Å². The normalized spacial score (nSPS) is 32.1. The van der Waals surface area contributed by atoms with Crippen molar-refractivity contribution in [1.29, 1.82) is 0 Å². The van der Waals surface area contributed by atoms with E-state index in [4.69, 9.17) is 4.74 Å². The molecule has 1 fully saturated rings. The van der Waals surface area contributed by atoms with Crippen LogP contribution < -0.4 is 5.32 Å². The molecule has 0 aromatic heterocycles. The number of fused-ring (bicyclic) bond motifs is 1. The molecule has 0 saturated carbocycles. The molecule has 5 N–H and O–H groups in total. The molecule has 0 radical (unpaired) electrons. The van der Waals surface area contributed by atoms with Crippen molar-refractivity contribution >= 4 is 16.5 Å². The first-order valence-corrected chi connectivity index (χ1v) is 7.16. The molecule has 6 heteroatoms. The molecule has 1 saturated heterocycles. The minimum Gasteiger partial charge on any atom is -0.394 e. The highest BCUT2D eigenvalue weighted by molar-refractivity contribution is 5.93. The van der Waals surface area contributed by atoms with Crippen LogP contribution in [0.2, 0.25) is 0 Å². The fourth-order valence-electron chi connectivity index (χ4n) is 2.73. The van der Waals surface area contributed by atoms with E-state index in [9.17, 15) is 20.4 Å². The largest absolute Gasteiger partial charge is 0.394 e. The highest BCUT2D eigenvalue weighted by atomic mass is 16.6. The lowest BCUT2D eigenvalue weighted by atomic mass is 9.98. The zero-order chi connectivity index (χ0) is 15.7. The Morgan fingerprint density at radius 3 is 2.41 bits per heavy atom. The first kappa shape index (κ1) is 15.2. The van der Waals surface area contributed by atoms with Gasteiger partial charge in [-0.15, -0.1) is 0 Å². The van der Waals surface area contributed by atoms with E-state index in [0.717, 1.165) is 16.5 Å². The molecule has 2 aromatic rings. The molecule has 22 heavy (non-hydrogen) atoms. The van der Waals surface area contributed by atoms with Gasteiger partial charge in [-0.3, -0.25) is 0 Å². The van der Waals surface area contributed by atoms with Gasteiger partial charge in [0.2, 0.25) is 0 Å². The van der Waals surface area contributed by atoms with Crippen molar-refractivity contribution in [1.82, 2.24) is 0 Å². The molecule has 6 nitrogen and oxygen atoms in total. The fourth-order valence-corrected chi connectivity index (χ4v) is 2.73. The molecular weight excluding hydrogens is 286 g/mol. The first-order valence-electron chi connectivity index (χ1n) is 7.16. The van der Waals surface area contributed by atoms with Crippen molar-refractivity contribution < 1.29 is 25.2 Å². The molecule has 5 atom stereocenters. The van der Waals surface area contributed by atoms with Gasteiger partial charge in [-0.25, -0.2) is 0 Å². The Bertz CT molecular complexity index is 642. The Morgan fingerprint density at radius 1 is 0.909 bits per heavy atom. The van der Waals surface area contributed by atoms with Crippen LogP contribution in [-0.4, -0.2) is 57.7 Å². The smallest absolute Gasteiger partial charge is 0.157 e. The van der Waals surface area contributed by atoms with Crippen LogP contribution in [0.15, 0.2) is 42.5 Å². The molecule has 0 spiro atoms. The summed E-state index contributed by atoms with van der Waals surface area (Å²) in [7, 11) is 0. The molecule has 2 aromatic carbocycles. The monoisotopic (exact) mass is 305 g/mol. The SMILES string of the molecule is OCC1OC(Nc2cccc3ccccc23)C(O)C(O)C1O. The number of benzene rings is 2. The van der Waals surface area contributed by atoms with Crippen molar-refractivity contribution in [3.8, 4) is 0 Å². The minimum absolute atomic E-state index is 0.446. The number of aliphatic hydroxyl groups excluding tert-OH is 4. The molecular formula is C16H19NO5. The lowest BCUT2D eigenvalue weighted by molar-refractivity contribution is -0.221. The molecule has 1 aliphatic rings. The summed E-state index contributed by atoms with van der Waals surface area (Å²) in [6, 6.07) is 13.4. The quantitative estimate of drug-likeness (QED) is 0.549. The second kappa shape index (κ2) is 6.20. The average molecular weight is 305 g/mol. The second-order valence-electron chi connectivity index (χ2n) is 5.42. The van der Waals surface area contributed by atoms with Gasteiger partial charge in [-0.1, -0.05) is 36.4 Å². The van der Waals surface area contributed by atoms with Gasteiger partial charge in [-0.05, 0) is 11.5 Å². The van der Waals surface area contributed by atoms with Gasteiger partial charge >= 0.3 is 0 Å². The molecule has 118 valence electrons. The molecule has 0 amide bonds. The zero-order valence-corrected chi connectivity index (χ0v) is 11.8. The molecule has 3 rings (SSSR count). The van der Waals surface area contributed by atoms with E-state index in [2.05, 4.69) is 5.32 Å². The van der Waals surface area contributed by atoms with E-state index in [-0.39, 0.29) is 0 Å². The second-order valence-corrected chi connectivity index (χ2v) is 5.42. The van der Waals surface area contributed by atoms with Gasteiger partial charge < -0.3 is 30.5 Å². The maximum atomic E-state index is 10.1. The third-order valence-electron chi connectivity index (χ3n) is 3.98. The molecule has 1 aliphatic heterocycles. The molecule has 1 heterocycles. The highest BCUT2D eigenvalue weighted by Crippen LogP contribution is 2.27. The number of anilines is 1. The maximum absolute atomic E-state index is 10.1. The Morgan fingerprint density at radius 2 is 1.64 bits per heavy atom. The van der Waals surface area contributed by atoms with Crippen molar-refractivity contribution in [2.24, 2.45) is 0 Å². The van der Waals surface area contributed by atoms with Crippen LogP contribution in [0, 0.1) is 0 Å². The summed E-state index contributed by atoms with van der Waals surface area (Å²) >= 11 is 0. The number of aliphatic hydroxyl groups is 4. The fraction of sp³-hybridized carbons (Fsp3) is 0.375. The van der Waals surface area contributed by atoms with Crippen molar-refractivity contribution in [2.75, 3.05) is 11.9 Å². The third-order valence-corrected chi connectivity index (χ3v) is 3.98. The number of ether oxygens (including phenoxy) is 1. The molecule has 0 aliphatic carbocycles. The predicted octanol–water partition coefficient (Wildman–Crippen LogP) is 0.0516. The van der Waals surface area contributed by atoms with Crippen LogP contribution in [0.5, 0.6) is 0 Å². The topological polar surface area (TPSA) is 102 Å². The minimum atomic E-state index is -1.39. The number of nitrogens with one attached hydrogen (secondary N) is 1. The maximum Gasteiger partial charge on any atom is 0.157 e. The van der Waals surface area contributed by atoms with Crippen LogP contribution in [0.25, 0.3) is 10.8 Å². The number of hydrogen-bond acceptors (Lipinski definition) is 6. The van der Waals surface area contributed by atoms with Gasteiger partial charge in [0.15, 0.2) is 6.23 Å². The summed E-state index contributed by atoms with van der Waals surface area (Å²) in [5, 5.41) is 43.9. The van der Waals surface area contributed by atoms with Gasteiger partial charge in [0, 0.05) is 11.1 Å². The van der Waals surface area contributed by atoms with Crippen LogP contribution in [0.4, 0.5) is 5.69 Å². The summed E-state index contributed by atoms with van der Waals surface area (Å²) in [5.41, 5.74) is 0.738. The van der Waals surface area contributed by atoms with Gasteiger partial charge in [-0.2, -0.15) is 0 Å².